The molecule has 0 saturated carbocycles. The summed E-state index contributed by atoms with van der Waals surface area (Å²) in [5, 5.41) is 12.7. The minimum atomic E-state index is -0.611. The molecule has 20 heavy (non-hydrogen) atoms. The van der Waals surface area contributed by atoms with E-state index < -0.39 is 6.10 Å². The summed E-state index contributed by atoms with van der Waals surface area (Å²) in [6, 6.07) is -0.257. The number of aliphatic hydroxyl groups is 1. The molecule has 1 heterocycles. The molecule has 0 aromatic heterocycles. The van der Waals surface area contributed by atoms with E-state index in [4.69, 9.17) is 10.5 Å². The van der Waals surface area contributed by atoms with E-state index in [0.29, 0.717) is 26.1 Å². The molecule has 0 bridgehead atoms. The standard InChI is InChI=1S/C14H29N3O3/c1-5-20-11-6-12(13(19)16-14(2,3)4)17(9-11)8-10(18)7-15/h10-12,18H,5-9,15H2,1-4H3,(H,16,19)/t10?,11-,12-/m0/s1. The fourth-order valence-corrected chi connectivity index (χ4v) is 2.49. The lowest BCUT2D eigenvalue weighted by molar-refractivity contribution is -0.127. The molecule has 0 spiro atoms. The van der Waals surface area contributed by atoms with Crippen LogP contribution in [0.15, 0.2) is 0 Å². The molecule has 1 aliphatic rings. The number of rotatable bonds is 6. The lowest BCUT2D eigenvalue weighted by atomic mass is 10.1. The zero-order valence-corrected chi connectivity index (χ0v) is 13.1. The van der Waals surface area contributed by atoms with E-state index in [1.807, 2.05) is 32.6 Å². The average molecular weight is 287 g/mol. The number of carbonyl (C=O) groups is 1. The van der Waals surface area contributed by atoms with Gasteiger partial charge in [-0.2, -0.15) is 0 Å². The molecule has 118 valence electrons. The van der Waals surface area contributed by atoms with Gasteiger partial charge in [0.1, 0.15) is 0 Å². The van der Waals surface area contributed by atoms with E-state index in [1.54, 1.807) is 0 Å². The van der Waals surface area contributed by atoms with Crippen molar-refractivity contribution in [2.45, 2.75) is 57.9 Å². The van der Waals surface area contributed by atoms with Gasteiger partial charge < -0.3 is 20.9 Å². The van der Waals surface area contributed by atoms with Crippen molar-refractivity contribution in [1.82, 2.24) is 10.2 Å². The molecular formula is C14H29N3O3. The van der Waals surface area contributed by atoms with Gasteiger partial charge in [0, 0.05) is 31.8 Å². The van der Waals surface area contributed by atoms with Gasteiger partial charge in [0.15, 0.2) is 0 Å². The van der Waals surface area contributed by atoms with Crippen LogP contribution in [0.2, 0.25) is 0 Å². The van der Waals surface area contributed by atoms with Crippen LogP contribution in [0.3, 0.4) is 0 Å². The van der Waals surface area contributed by atoms with Crippen molar-refractivity contribution in [3.05, 3.63) is 0 Å². The van der Waals surface area contributed by atoms with Crippen molar-refractivity contribution < 1.29 is 14.6 Å². The Labute approximate surface area is 121 Å². The third-order valence-electron chi connectivity index (χ3n) is 3.29. The van der Waals surface area contributed by atoms with Crippen molar-refractivity contribution in [3.63, 3.8) is 0 Å². The Morgan fingerprint density at radius 3 is 2.70 bits per heavy atom. The van der Waals surface area contributed by atoms with Crippen LogP contribution < -0.4 is 11.1 Å². The molecule has 1 aliphatic heterocycles. The predicted octanol–water partition coefficient (Wildman–Crippen LogP) is -0.300. The zero-order valence-electron chi connectivity index (χ0n) is 13.1. The highest BCUT2D eigenvalue weighted by Gasteiger charge is 2.38. The van der Waals surface area contributed by atoms with Gasteiger partial charge in [0.2, 0.25) is 5.91 Å². The summed E-state index contributed by atoms with van der Waals surface area (Å²) in [6.45, 7) is 9.71. The maximum Gasteiger partial charge on any atom is 0.237 e. The highest BCUT2D eigenvalue weighted by atomic mass is 16.5. The Kier molecular flexibility index (Phi) is 6.39. The fraction of sp³-hybridized carbons (Fsp3) is 0.929. The molecule has 3 atom stereocenters. The van der Waals surface area contributed by atoms with Crippen LogP contribution in [0.4, 0.5) is 0 Å². The van der Waals surface area contributed by atoms with Gasteiger partial charge in [-0.3, -0.25) is 9.69 Å². The third-order valence-corrected chi connectivity index (χ3v) is 3.29. The van der Waals surface area contributed by atoms with Crippen LogP contribution in [-0.2, 0) is 9.53 Å². The lowest BCUT2D eigenvalue weighted by Gasteiger charge is -2.28. The Hall–Kier alpha value is -0.690. The molecule has 0 radical (unpaired) electrons. The van der Waals surface area contributed by atoms with Crippen molar-refractivity contribution in [2.24, 2.45) is 5.73 Å². The molecule has 6 nitrogen and oxygen atoms in total. The summed E-state index contributed by atoms with van der Waals surface area (Å²) in [5.74, 6) is -0.0103. The second-order valence-electron chi connectivity index (χ2n) is 6.41. The van der Waals surface area contributed by atoms with Crippen molar-refractivity contribution in [2.75, 3.05) is 26.2 Å². The van der Waals surface area contributed by atoms with E-state index >= 15 is 0 Å². The average Bonchev–Trinajstić information content (AvgIpc) is 2.70. The molecule has 1 unspecified atom stereocenters. The molecule has 6 heteroatoms. The Bertz CT molecular complexity index is 317. The summed E-state index contributed by atoms with van der Waals surface area (Å²) in [4.78, 5) is 14.3. The number of aliphatic hydroxyl groups excluding tert-OH is 1. The van der Waals surface area contributed by atoms with E-state index in [9.17, 15) is 9.90 Å². The van der Waals surface area contributed by atoms with Crippen LogP contribution in [0.25, 0.3) is 0 Å². The Morgan fingerprint density at radius 1 is 1.55 bits per heavy atom. The number of nitrogens with zero attached hydrogens (tertiary/aromatic N) is 1. The summed E-state index contributed by atoms with van der Waals surface area (Å²) in [6.07, 6.45) is 0.0913. The first-order chi connectivity index (χ1) is 9.26. The second kappa shape index (κ2) is 7.36. The topological polar surface area (TPSA) is 87.8 Å². The molecule has 0 aromatic rings. The van der Waals surface area contributed by atoms with Gasteiger partial charge in [-0.25, -0.2) is 0 Å². The maximum atomic E-state index is 12.4. The van der Waals surface area contributed by atoms with E-state index in [-0.39, 0.29) is 30.1 Å². The van der Waals surface area contributed by atoms with Crippen LogP contribution in [0, 0.1) is 0 Å². The first-order valence-electron chi connectivity index (χ1n) is 7.32. The van der Waals surface area contributed by atoms with Gasteiger partial charge >= 0.3 is 0 Å². The van der Waals surface area contributed by atoms with Crippen molar-refractivity contribution >= 4 is 5.91 Å². The first kappa shape index (κ1) is 17.4. The SMILES string of the molecule is CCO[C@H]1C[C@@H](C(=O)NC(C)(C)C)N(CC(O)CN)C1. The van der Waals surface area contributed by atoms with E-state index in [1.165, 1.54) is 0 Å². The molecule has 1 saturated heterocycles. The number of likely N-dealkylation sites (tertiary alicyclic amines) is 1. The van der Waals surface area contributed by atoms with Gasteiger partial charge in [0.25, 0.3) is 0 Å². The monoisotopic (exact) mass is 287 g/mol. The molecule has 0 aromatic carbocycles. The number of carbonyl (C=O) groups excluding carboxylic acids is 1. The van der Waals surface area contributed by atoms with Gasteiger partial charge in [-0.15, -0.1) is 0 Å². The third kappa shape index (κ3) is 5.36. The minimum absolute atomic E-state index is 0.0103. The molecular weight excluding hydrogens is 258 g/mol. The number of hydrogen-bond acceptors (Lipinski definition) is 5. The van der Waals surface area contributed by atoms with Crippen LogP contribution in [0.5, 0.6) is 0 Å². The number of nitrogens with two attached hydrogens (primary N) is 1. The molecule has 1 amide bonds. The summed E-state index contributed by atoms with van der Waals surface area (Å²) in [7, 11) is 0. The number of nitrogens with one attached hydrogen (secondary N) is 1. The van der Waals surface area contributed by atoms with Gasteiger partial charge in [0.05, 0.1) is 18.2 Å². The van der Waals surface area contributed by atoms with E-state index in [2.05, 4.69) is 5.32 Å². The largest absolute Gasteiger partial charge is 0.390 e. The normalized spacial score (nSPS) is 25.7. The van der Waals surface area contributed by atoms with Crippen LogP contribution >= 0.6 is 0 Å². The zero-order chi connectivity index (χ0) is 15.3. The maximum absolute atomic E-state index is 12.4. The Morgan fingerprint density at radius 2 is 2.20 bits per heavy atom. The van der Waals surface area contributed by atoms with Crippen LogP contribution in [-0.4, -0.2) is 65.9 Å². The molecule has 0 aliphatic carbocycles. The number of ether oxygens (including phenoxy) is 1. The highest BCUT2D eigenvalue weighted by Crippen LogP contribution is 2.21. The Balaban J connectivity index is 2.69. The van der Waals surface area contributed by atoms with Crippen LogP contribution in [0.1, 0.15) is 34.1 Å². The summed E-state index contributed by atoms with van der Waals surface area (Å²) >= 11 is 0. The number of hydrogen-bond donors (Lipinski definition) is 3. The number of amides is 1. The fourth-order valence-electron chi connectivity index (χ4n) is 2.49. The lowest BCUT2D eigenvalue weighted by Crippen LogP contribution is -2.51. The molecule has 4 N–H and O–H groups in total. The quantitative estimate of drug-likeness (QED) is 0.624. The van der Waals surface area contributed by atoms with E-state index in [0.717, 1.165) is 0 Å². The number of β-amino-alcohol motifs (C(OH)–C–C–N with tert-alkyl or cyclic N) is 1. The van der Waals surface area contributed by atoms with Gasteiger partial charge in [-0.05, 0) is 34.1 Å². The van der Waals surface area contributed by atoms with Crippen molar-refractivity contribution in [3.8, 4) is 0 Å². The van der Waals surface area contributed by atoms with Crippen molar-refractivity contribution in [1.29, 1.82) is 0 Å². The molecule has 1 fully saturated rings. The smallest absolute Gasteiger partial charge is 0.237 e. The van der Waals surface area contributed by atoms with Gasteiger partial charge in [-0.1, -0.05) is 0 Å². The predicted molar refractivity (Wildman–Crippen MR) is 78.3 cm³/mol. The first-order valence-corrected chi connectivity index (χ1v) is 7.32. The summed E-state index contributed by atoms with van der Waals surface area (Å²) < 4.78 is 5.62. The second-order valence-corrected chi connectivity index (χ2v) is 6.41. The highest BCUT2D eigenvalue weighted by molar-refractivity contribution is 5.82. The minimum Gasteiger partial charge on any atom is -0.390 e. The summed E-state index contributed by atoms with van der Waals surface area (Å²) in [5.41, 5.74) is 5.19. The molecule has 1 rings (SSSR count).